The Kier molecular flexibility index (Phi) is 11.4. The topological polar surface area (TPSA) is 116 Å². The summed E-state index contributed by atoms with van der Waals surface area (Å²) in [6, 6.07) is 36.1. The van der Waals surface area contributed by atoms with Crippen LogP contribution in [0.5, 0.6) is 0 Å². The average Bonchev–Trinajstić information content (AvgIpc) is 3.64. The number of ether oxygens (including phenoxy) is 1. The fraction of sp³-hybridized carbons (Fsp3) is 0.231. The van der Waals surface area contributed by atoms with Crippen molar-refractivity contribution in [3.63, 3.8) is 0 Å². The van der Waals surface area contributed by atoms with Gasteiger partial charge in [-0.25, -0.2) is 9.78 Å². The number of hydrogen-bond donors (Lipinski definition) is 3. The Labute approximate surface area is 281 Å². The Balaban J connectivity index is 1.34. The molecule has 0 aliphatic rings. The molecule has 0 aliphatic carbocycles. The first-order valence-corrected chi connectivity index (χ1v) is 16.0. The van der Waals surface area contributed by atoms with Gasteiger partial charge in [0.1, 0.15) is 12.6 Å². The number of carbonyl (C=O) groups excluding carboxylic acids is 3. The molecular weight excluding hydrogens is 602 g/mol. The lowest BCUT2D eigenvalue weighted by atomic mass is 9.84. The van der Waals surface area contributed by atoms with Gasteiger partial charge in [0.2, 0.25) is 11.8 Å². The van der Waals surface area contributed by atoms with Crippen molar-refractivity contribution in [3.8, 4) is 11.1 Å². The van der Waals surface area contributed by atoms with Crippen LogP contribution in [-0.2, 0) is 39.3 Å². The zero-order chi connectivity index (χ0) is 33.8. The van der Waals surface area contributed by atoms with Crippen molar-refractivity contribution in [2.45, 2.75) is 44.9 Å². The molecule has 4 aromatic carbocycles. The smallest absolute Gasteiger partial charge is 0.408 e. The number of nitrogens with zero attached hydrogens (tertiary/aromatic N) is 2. The molecule has 48 heavy (non-hydrogen) atoms. The first-order valence-electron chi connectivity index (χ1n) is 16.0. The van der Waals surface area contributed by atoms with Gasteiger partial charge in [-0.3, -0.25) is 9.59 Å². The number of rotatable bonds is 14. The summed E-state index contributed by atoms with van der Waals surface area (Å²) in [5.41, 5.74) is 5.19. The van der Waals surface area contributed by atoms with E-state index in [0.29, 0.717) is 12.2 Å². The minimum Gasteiger partial charge on any atom is -0.445 e. The monoisotopic (exact) mass is 643 g/mol. The first-order chi connectivity index (χ1) is 23.3. The second-order valence-corrected chi connectivity index (χ2v) is 12.3. The molecule has 1 atom stereocenters. The summed E-state index contributed by atoms with van der Waals surface area (Å²) in [6.45, 7) is 4.50. The number of benzene rings is 4. The number of hydrogen-bond acceptors (Lipinski definition) is 5. The molecule has 0 fully saturated rings. The fourth-order valence-electron chi connectivity index (χ4n) is 5.35. The summed E-state index contributed by atoms with van der Waals surface area (Å²) in [5, 5.41) is 5.77. The van der Waals surface area contributed by atoms with Crippen LogP contribution in [0.2, 0.25) is 0 Å². The van der Waals surface area contributed by atoms with Crippen molar-refractivity contribution < 1.29 is 19.1 Å². The van der Waals surface area contributed by atoms with E-state index in [0.717, 1.165) is 27.8 Å². The molecule has 0 radical (unpaired) electrons. The third-order valence-electron chi connectivity index (χ3n) is 8.15. The maximum Gasteiger partial charge on any atom is 0.408 e. The number of nitrogens with one attached hydrogen (secondary N) is 3. The highest BCUT2D eigenvalue weighted by atomic mass is 16.5. The van der Waals surface area contributed by atoms with E-state index in [1.165, 1.54) is 11.2 Å². The quantitative estimate of drug-likeness (QED) is 0.137. The summed E-state index contributed by atoms with van der Waals surface area (Å²) in [4.78, 5) is 49.2. The van der Waals surface area contributed by atoms with Crippen molar-refractivity contribution in [2.75, 3.05) is 13.1 Å². The highest BCUT2D eigenvalue weighted by Crippen LogP contribution is 2.22. The van der Waals surface area contributed by atoms with E-state index >= 15 is 0 Å². The van der Waals surface area contributed by atoms with Crippen LogP contribution >= 0.6 is 0 Å². The van der Waals surface area contributed by atoms with Crippen LogP contribution in [0.3, 0.4) is 0 Å². The third-order valence-corrected chi connectivity index (χ3v) is 8.15. The maximum absolute atomic E-state index is 14.3. The largest absolute Gasteiger partial charge is 0.445 e. The molecule has 0 saturated carbocycles. The first kappa shape index (κ1) is 33.7. The van der Waals surface area contributed by atoms with Gasteiger partial charge < -0.3 is 25.3 Å². The SMILES string of the molecule is CC(C)(CNC(=O)CN(Cc1ccc(-c2ccccc2)cc1)C(=O)[C@H](Cc1cnc[nH]1)NC(=O)OCc1ccccc1)c1ccccc1. The lowest BCUT2D eigenvalue weighted by Crippen LogP contribution is -2.52. The van der Waals surface area contributed by atoms with E-state index in [1.807, 2.05) is 115 Å². The molecule has 0 bridgehead atoms. The maximum atomic E-state index is 14.3. The van der Waals surface area contributed by atoms with Crippen molar-refractivity contribution in [1.29, 1.82) is 0 Å². The van der Waals surface area contributed by atoms with Crippen molar-refractivity contribution in [2.24, 2.45) is 0 Å². The molecule has 0 unspecified atom stereocenters. The van der Waals surface area contributed by atoms with E-state index in [-0.39, 0.29) is 37.4 Å². The summed E-state index contributed by atoms with van der Waals surface area (Å²) < 4.78 is 5.45. The third kappa shape index (κ3) is 9.65. The van der Waals surface area contributed by atoms with Gasteiger partial charge in [0.15, 0.2) is 0 Å². The van der Waals surface area contributed by atoms with E-state index in [4.69, 9.17) is 4.74 Å². The van der Waals surface area contributed by atoms with E-state index in [9.17, 15) is 14.4 Å². The normalized spacial score (nSPS) is 11.7. The summed E-state index contributed by atoms with van der Waals surface area (Å²) >= 11 is 0. The molecule has 3 amide bonds. The molecule has 0 spiro atoms. The van der Waals surface area contributed by atoms with Crippen LogP contribution in [0.1, 0.15) is 36.2 Å². The Bertz CT molecular complexity index is 1740. The van der Waals surface area contributed by atoms with Gasteiger partial charge in [-0.1, -0.05) is 129 Å². The number of amides is 3. The molecule has 246 valence electrons. The highest BCUT2D eigenvalue weighted by molar-refractivity contribution is 5.89. The summed E-state index contributed by atoms with van der Waals surface area (Å²) in [5.74, 6) is -0.730. The molecule has 0 saturated heterocycles. The molecule has 5 rings (SSSR count). The number of carbonyl (C=O) groups is 3. The average molecular weight is 644 g/mol. The Morgan fingerprint density at radius 3 is 2.08 bits per heavy atom. The molecule has 5 aromatic rings. The minimum absolute atomic E-state index is 0.0503. The van der Waals surface area contributed by atoms with Gasteiger partial charge in [-0.15, -0.1) is 0 Å². The standard InChI is InChI=1S/C39H41N5O4/c1-39(2,33-16-10-5-11-17-33)27-41-36(45)25-44(24-29-18-20-32(21-19-29)31-14-8-4-9-15-31)37(46)35(22-34-23-40-28-42-34)43-38(47)48-26-30-12-6-3-7-13-30/h3-21,23,28,35H,22,24-27H2,1-2H3,(H,40,42)(H,41,45)(H,43,47)/t35-/m0/s1. The van der Waals surface area contributed by atoms with E-state index in [2.05, 4.69) is 34.4 Å². The molecular formula is C39H41N5O4. The molecule has 0 aliphatic heterocycles. The number of H-pyrrole nitrogens is 1. The Morgan fingerprint density at radius 2 is 1.44 bits per heavy atom. The fourth-order valence-corrected chi connectivity index (χ4v) is 5.35. The van der Waals surface area contributed by atoms with Gasteiger partial charge in [-0.05, 0) is 27.8 Å². The minimum atomic E-state index is -1.02. The number of alkyl carbamates (subject to hydrolysis) is 1. The van der Waals surface area contributed by atoms with E-state index < -0.39 is 18.0 Å². The summed E-state index contributed by atoms with van der Waals surface area (Å²) in [7, 11) is 0. The summed E-state index contributed by atoms with van der Waals surface area (Å²) in [6.07, 6.45) is 2.50. The van der Waals surface area contributed by atoms with Crippen molar-refractivity contribution >= 4 is 17.9 Å². The Morgan fingerprint density at radius 1 is 0.812 bits per heavy atom. The van der Waals surface area contributed by atoms with Crippen LogP contribution in [0.15, 0.2) is 128 Å². The van der Waals surface area contributed by atoms with Gasteiger partial charge in [-0.2, -0.15) is 0 Å². The van der Waals surface area contributed by atoms with Gasteiger partial charge in [0, 0.05) is 36.8 Å². The molecule has 9 nitrogen and oxygen atoms in total. The van der Waals surface area contributed by atoms with E-state index in [1.54, 1.807) is 6.20 Å². The zero-order valence-corrected chi connectivity index (χ0v) is 27.3. The van der Waals surface area contributed by atoms with Crippen LogP contribution in [0.25, 0.3) is 11.1 Å². The van der Waals surface area contributed by atoms with Crippen molar-refractivity contribution in [1.82, 2.24) is 25.5 Å². The predicted molar refractivity (Wildman–Crippen MR) is 186 cm³/mol. The molecule has 9 heteroatoms. The van der Waals surface area contributed by atoms with Gasteiger partial charge >= 0.3 is 6.09 Å². The molecule has 1 aromatic heterocycles. The second kappa shape index (κ2) is 16.2. The van der Waals surface area contributed by atoms with Gasteiger partial charge in [0.05, 0.1) is 12.9 Å². The molecule has 1 heterocycles. The zero-order valence-electron chi connectivity index (χ0n) is 27.3. The predicted octanol–water partition coefficient (Wildman–Crippen LogP) is 6.04. The van der Waals surface area contributed by atoms with Crippen LogP contribution in [0.4, 0.5) is 4.79 Å². The Hall–Kier alpha value is -5.70. The van der Waals surface area contributed by atoms with Gasteiger partial charge in [0.25, 0.3) is 0 Å². The molecule has 3 N–H and O–H groups in total. The second-order valence-electron chi connectivity index (χ2n) is 12.3. The van der Waals surface area contributed by atoms with Crippen LogP contribution in [-0.4, -0.2) is 51.9 Å². The lowest BCUT2D eigenvalue weighted by Gasteiger charge is -2.29. The lowest BCUT2D eigenvalue weighted by molar-refractivity contribution is -0.138. The number of aromatic amines is 1. The highest BCUT2D eigenvalue weighted by Gasteiger charge is 2.30. The number of aromatic nitrogens is 2. The van der Waals surface area contributed by atoms with Crippen molar-refractivity contribution in [3.05, 3.63) is 150 Å². The van der Waals surface area contributed by atoms with Crippen LogP contribution < -0.4 is 10.6 Å². The van der Waals surface area contributed by atoms with Crippen LogP contribution in [0, 0.1) is 0 Å². The number of imidazole rings is 1.